The Morgan fingerprint density at radius 3 is 2.94 bits per heavy atom. The standard InChI is InChI=1S/C11H9ClO3S/c1-2-15-11(14)10-8(13)6-4-3-5-7(12)9(6)16-10/h3-5,13H,2H2,1H3. The third-order valence-electron chi connectivity index (χ3n) is 2.10. The first-order valence-corrected chi connectivity index (χ1v) is 5.91. The van der Waals surface area contributed by atoms with Crippen molar-refractivity contribution in [1.82, 2.24) is 0 Å². The average molecular weight is 257 g/mol. The Kier molecular flexibility index (Phi) is 3.03. The summed E-state index contributed by atoms with van der Waals surface area (Å²) in [5.41, 5.74) is 0. The van der Waals surface area contributed by atoms with Crippen molar-refractivity contribution in [3.05, 3.63) is 28.1 Å². The molecule has 0 radical (unpaired) electrons. The fourth-order valence-electron chi connectivity index (χ4n) is 1.41. The Hall–Kier alpha value is -1.26. The maximum atomic E-state index is 11.5. The van der Waals surface area contributed by atoms with E-state index in [-0.39, 0.29) is 17.2 Å². The molecular formula is C11H9ClO3S. The molecule has 16 heavy (non-hydrogen) atoms. The number of hydrogen-bond donors (Lipinski definition) is 1. The minimum absolute atomic E-state index is 0.0547. The van der Waals surface area contributed by atoms with Gasteiger partial charge in [0.2, 0.25) is 0 Å². The summed E-state index contributed by atoms with van der Waals surface area (Å²) in [6.45, 7) is 2.00. The molecule has 0 aliphatic carbocycles. The van der Waals surface area contributed by atoms with Gasteiger partial charge < -0.3 is 9.84 Å². The summed E-state index contributed by atoms with van der Waals surface area (Å²) in [5, 5.41) is 11.0. The van der Waals surface area contributed by atoms with Gasteiger partial charge in [-0.1, -0.05) is 17.7 Å². The molecule has 2 aromatic rings. The minimum Gasteiger partial charge on any atom is -0.505 e. The van der Waals surface area contributed by atoms with Crippen molar-refractivity contribution in [3.63, 3.8) is 0 Å². The number of carbonyl (C=O) groups excluding carboxylic acids is 1. The maximum absolute atomic E-state index is 11.5. The molecule has 0 spiro atoms. The van der Waals surface area contributed by atoms with Gasteiger partial charge in [-0.05, 0) is 19.1 Å². The van der Waals surface area contributed by atoms with Crippen molar-refractivity contribution in [3.8, 4) is 5.75 Å². The lowest BCUT2D eigenvalue weighted by Crippen LogP contribution is -2.01. The Morgan fingerprint density at radius 1 is 1.56 bits per heavy atom. The first-order valence-electron chi connectivity index (χ1n) is 4.72. The Bertz CT molecular complexity index is 547. The number of hydrogen-bond acceptors (Lipinski definition) is 4. The molecular weight excluding hydrogens is 248 g/mol. The molecule has 0 aliphatic heterocycles. The van der Waals surface area contributed by atoms with Gasteiger partial charge in [0, 0.05) is 5.39 Å². The fraction of sp³-hybridized carbons (Fsp3) is 0.182. The van der Waals surface area contributed by atoms with E-state index in [9.17, 15) is 9.90 Å². The smallest absolute Gasteiger partial charge is 0.352 e. The van der Waals surface area contributed by atoms with Crippen LogP contribution in [0.2, 0.25) is 5.02 Å². The predicted octanol–water partition coefficient (Wildman–Crippen LogP) is 3.44. The van der Waals surface area contributed by atoms with Gasteiger partial charge in [-0.2, -0.15) is 0 Å². The number of fused-ring (bicyclic) bond motifs is 1. The zero-order valence-electron chi connectivity index (χ0n) is 8.49. The normalized spacial score (nSPS) is 10.6. The fourth-order valence-corrected chi connectivity index (χ4v) is 2.69. The largest absolute Gasteiger partial charge is 0.505 e. The topological polar surface area (TPSA) is 46.5 Å². The van der Waals surface area contributed by atoms with E-state index in [2.05, 4.69) is 0 Å². The SMILES string of the molecule is CCOC(=O)c1sc2c(Cl)cccc2c1O. The number of benzene rings is 1. The first kappa shape index (κ1) is 11.2. The molecule has 0 unspecified atom stereocenters. The number of aromatic hydroxyl groups is 1. The average Bonchev–Trinajstić information content (AvgIpc) is 2.59. The summed E-state index contributed by atoms with van der Waals surface area (Å²) in [6, 6.07) is 5.16. The number of halogens is 1. The highest BCUT2D eigenvalue weighted by molar-refractivity contribution is 7.21. The van der Waals surface area contributed by atoms with Crippen molar-refractivity contribution < 1.29 is 14.6 Å². The van der Waals surface area contributed by atoms with Gasteiger partial charge in [-0.25, -0.2) is 4.79 Å². The van der Waals surface area contributed by atoms with Crippen LogP contribution >= 0.6 is 22.9 Å². The van der Waals surface area contributed by atoms with E-state index in [0.29, 0.717) is 15.1 Å². The molecule has 1 aromatic heterocycles. The summed E-state index contributed by atoms with van der Waals surface area (Å²) in [6.07, 6.45) is 0. The van der Waals surface area contributed by atoms with E-state index < -0.39 is 5.97 Å². The third-order valence-corrected chi connectivity index (χ3v) is 3.74. The first-order chi connectivity index (χ1) is 7.65. The second-order valence-corrected chi connectivity index (χ2v) is 4.54. The van der Waals surface area contributed by atoms with Crippen LogP contribution in [-0.2, 0) is 4.74 Å². The minimum atomic E-state index is -0.516. The van der Waals surface area contributed by atoms with Gasteiger partial charge in [0.05, 0.1) is 16.3 Å². The molecule has 5 heteroatoms. The molecule has 0 fully saturated rings. The zero-order valence-corrected chi connectivity index (χ0v) is 10.1. The van der Waals surface area contributed by atoms with E-state index in [0.717, 1.165) is 11.3 Å². The molecule has 84 valence electrons. The van der Waals surface area contributed by atoms with Crippen LogP contribution in [0, 0.1) is 0 Å². The van der Waals surface area contributed by atoms with E-state index in [4.69, 9.17) is 16.3 Å². The van der Waals surface area contributed by atoms with Crippen LogP contribution in [0.4, 0.5) is 0 Å². The van der Waals surface area contributed by atoms with Crippen molar-refractivity contribution in [2.24, 2.45) is 0 Å². The summed E-state index contributed by atoms with van der Waals surface area (Å²) in [4.78, 5) is 11.7. The zero-order chi connectivity index (χ0) is 11.7. The van der Waals surface area contributed by atoms with Crippen LogP contribution in [0.5, 0.6) is 5.75 Å². The summed E-state index contributed by atoms with van der Waals surface area (Å²) in [7, 11) is 0. The molecule has 2 rings (SSSR count). The predicted molar refractivity (Wildman–Crippen MR) is 64.5 cm³/mol. The highest BCUT2D eigenvalue weighted by Gasteiger charge is 2.19. The second kappa shape index (κ2) is 4.31. The summed E-state index contributed by atoms with van der Waals surface area (Å²) < 4.78 is 5.55. The summed E-state index contributed by atoms with van der Waals surface area (Å²) in [5.74, 6) is -0.571. The number of thiophene rings is 1. The Labute approximate surface area is 101 Å². The molecule has 3 nitrogen and oxygen atoms in total. The number of carbonyl (C=O) groups is 1. The van der Waals surface area contributed by atoms with Crippen molar-refractivity contribution in [2.75, 3.05) is 6.61 Å². The van der Waals surface area contributed by atoms with Crippen LogP contribution in [0.15, 0.2) is 18.2 Å². The van der Waals surface area contributed by atoms with Gasteiger partial charge in [-0.15, -0.1) is 11.3 Å². The monoisotopic (exact) mass is 256 g/mol. The molecule has 0 saturated heterocycles. The van der Waals surface area contributed by atoms with Crippen molar-refractivity contribution >= 4 is 39.0 Å². The van der Waals surface area contributed by atoms with Gasteiger partial charge in [-0.3, -0.25) is 0 Å². The Balaban J connectivity index is 2.60. The van der Waals surface area contributed by atoms with Crippen LogP contribution in [-0.4, -0.2) is 17.7 Å². The van der Waals surface area contributed by atoms with E-state index >= 15 is 0 Å². The van der Waals surface area contributed by atoms with Crippen LogP contribution in [0.25, 0.3) is 10.1 Å². The summed E-state index contributed by atoms with van der Waals surface area (Å²) >= 11 is 7.11. The van der Waals surface area contributed by atoms with Gasteiger partial charge in [0.25, 0.3) is 0 Å². The highest BCUT2D eigenvalue weighted by atomic mass is 35.5. The molecule has 0 atom stereocenters. The molecule has 1 heterocycles. The van der Waals surface area contributed by atoms with Crippen LogP contribution < -0.4 is 0 Å². The molecule has 0 amide bonds. The number of esters is 1. The molecule has 0 aliphatic rings. The lowest BCUT2D eigenvalue weighted by Gasteiger charge is -1.98. The van der Waals surface area contributed by atoms with Gasteiger partial charge >= 0.3 is 5.97 Å². The van der Waals surface area contributed by atoms with Gasteiger partial charge in [0.1, 0.15) is 5.75 Å². The van der Waals surface area contributed by atoms with E-state index in [1.165, 1.54) is 0 Å². The third kappa shape index (κ3) is 1.74. The highest BCUT2D eigenvalue weighted by Crippen LogP contribution is 2.40. The van der Waals surface area contributed by atoms with Crippen LogP contribution in [0.1, 0.15) is 16.6 Å². The molecule has 1 N–H and O–H groups in total. The lowest BCUT2D eigenvalue weighted by atomic mass is 10.2. The number of ether oxygens (including phenoxy) is 1. The van der Waals surface area contributed by atoms with Gasteiger partial charge in [0.15, 0.2) is 4.88 Å². The quantitative estimate of drug-likeness (QED) is 0.838. The maximum Gasteiger partial charge on any atom is 0.352 e. The van der Waals surface area contributed by atoms with E-state index in [1.807, 2.05) is 0 Å². The van der Waals surface area contributed by atoms with E-state index in [1.54, 1.807) is 25.1 Å². The second-order valence-electron chi connectivity index (χ2n) is 3.12. The van der Waals surface area contributed by atoms with Crippen LogP contribution in [0.3, 0.4) is 0 Å². The Morgan fingerprint density at radius 2 is 2.31 bits per heavy atom. The molecule has 0 saturated carbocycles. The lowest BCUT2D eigenvalue weighted by molar-refractivity contribution is 0.0529. The van der Waals surface area contributed by atoms with Crippen molar-refractivity contribution in [1.29, 1.82) is 0 Å². The molecule has 0 bridgehead atoms. The van der Waals surface area contributed by atoms with Crippen molar-refractivity contribution in [2.45, 2.75) is 6.92 Å². The molecule has 1 aromatic carbocycles. The number of rotatable bonds is 2.